The maximum absolute atomic E-state index is 14.2. The molecule has 0 aliphatic carbocycles. The number of amides is 1. The number of alkyl halides is 3. The Balaban J connectivity index is 1.27. The first kappa shape index (κ1) is 50.7. The molecule has 3 saturated heterocycles. The zero-order valence-electron chi connectivity index (χ0n) is 37.0. The van der Waals surface area contributed by atoms with Gasteiger partial charge in [-0.05, 0) is 35.9 Å². The van der Waals surface area contributed by atoms with Crippen molar-refractivity contribution in [2.24, 2.45) is 0 Å². The lowest BCUT2D eigenvalue weighted by Crippen LogP contribution is -2.69. The van der Waals surface area contributed by atoms with Crippen LogP contribution in [0.25, 0.3) is 0 Å². The Hall–Kier alpha value is -4.14. The number of alkyl carbamates (subject to hydrolysis) is 1. The van der Waals surface area contributed by atoms with Gasteiger partial charge in [-0.2, -0.15) is 0 Å². The highest BCUT2D eigenvalue weighted by atomic mass is 35.6. The van der Waals surface area contributed by atoms with Crippen LogP contribution < -0.4 is 5.32 Å². The molecule has 0 aromatic heterocycles. The van der Waals surface area contributed by atoms with Gasteiger partial charge in [0, 0.05) is 20.2 Å². The third kappa shape index (κ3) is 14.4. The zero-order chi connectivity index (χ0) is 47.6. The van der Waals surface area contributed by atoms with Crippen LogP contribution in [0.4, 0.5) is 4.79 Å². The summed E-state index contributed by atoms with van der Waals surface area (Å²) in [6.07, 6.45) is -14.0. The number of aliphatic hydroxyl groups is 1. The summed E-state index contributed by atoms with van der Waals surface area (Å²) in [5.74, 6) is -1.55. The third-order valence-electron chi connectivity index (χ3n) is 11.0. The van der Waals surface area contributed by atoms with Crippen molar-refractivity contribution >= 4 is 60.9 Å². The van der Waals surface area contributed by atoms with Crippen molar-refractivity contribution in [2.75, 3.05) is 26.4 Å². The Morgan fingerprint density at radius 3 is 1.93 bits per heavy atom. The molecule has 4 aromatic carbocycles. The average Bonchev–Trinajstić information content (AvgIpc) is 3.32. The standard InChI is InChI=1S/C48H54Cl3NO14Si/c1-67(2,3)25-24-58-46-41(64-43(55)32-20-12-6-13-21-32)40(63-42(54)31-18-10-5-11-19-31)39(34(62-46)27-57-26-30-16-8-4-9-17-30)66-45-36(52-47(56)60-29-48(49,50)51)37(53)38-35(61-45)28-59-44(65-38)33-22-14-7-15-23-33/h4-23,34-41,44-46,53H,24-29H2,1-3H3,(H,52,56)/t34-,35-,36-,37-,38+,39-,40+,41-,44-,45+,46-/m1/s1. The molecule has 19 heteroatoms. The number of aliphatic hydroxyl groups excluding tert-OH is 1. The summed E-state index contributed by atoms with van der Waals surface area (Å²) in [6, 6.07) is 34.2. The van der Waals surface area contributed by atoms with E-state index in [1.807, 2.05) is 48.5 Å². The smallest absolute Gasteiger partial charge is 0.407 e. The van der Waals surface area contributed by atoms with Gasteiger partial charge in [0.15, 0.2) is 31.1 Å². The van der Waals surface area contributed by atoms with Crippen molar-refractivity contribution in [3.05, 3.63) is 144 Å². The van der Waals surface area contributed by atoms with Crippen LogP contribution in [0.1, 0.15) is 38.1 Å². The number of carbonyl (C=O) groups is 3. The van der Waals surface area contributed by atoms with Crippen molar-refractivity contribution in [2.45, 2.75) is 104 Å². The Morgan fingerprint density at radius 1 is 0.746 bits per heavy atom. The summed E-state index contributed by atoms with van der Waals surface area (Å²) < 4.78 is 61.0. The van der Waals surface area contributed by atoms with Crippen LogP contribution in [-0.2, 0) is 54.0 Å². The van der Waals surface area contributed by atoms with E-state index >= 15 is 0 Å². The number of esters is 2. The Bertz CT molecular complexity index is 2190. The van der Waals surface area contributed by atoms with Gasteiger partial charge in [0.25, 0.3) is 0 Å². The van der Waals surface area contributed by atoms with Gasteiger partial charge in [-0.15, -0.1) is 0 Å². The fraction of sp³-hybridized carbons (Fsp3) is 0.438. The predicted molar refractivity (Wildman–Crippen MR) is 248 cm³/mol. The second-order valence-electron chi connectivity index (χ2n) is 17.4. The number of fused-ring (bicyclic) bond motifs is 1. The lowest BCUT2D eigenvalue weighted by Gasteiger charge is -2.50. The molecule has 67 heavy (non-hydrogen) atoms. The molecule has 15 nitrogen and oxygen atoms in total. The van der Waals surface area contributed by atoms with E-state index in [2.05, 4.69) is 25.0 Å². The molecule has 4 aromatic rings. The molecular formula is C48H54Cl3NO14Si. The Kier molecular flexibility index (Phi) is 17.7. The molecule has 3 aliphatic rings. The molecule has 0 saturated carbocycles. The monoisotopic (exact) mass is 1000 g/mol. The van der Waals surface area contributed by atoms with Crippen LogP contribution in [0.15, 0.2) is 121 Å². The van der Waals surface area contributed by atoms with Crippen LogP contribution >= 0.6 is 34.8 Å². The van der Waals surface area contributed by atoms with E-state index in [0.29, 0.717) is 11.6 Å². The lowest BCUT2D eigenvalue weighted by molar-refractivity contribution is -0.371. The van der Waals surface area contributed by atoms with E-state index in [4.69, 9.17) is 82.2 Å². The van der Waals surface area contributed by atoms with Crippen LogP contribution in [0.2, 0.25) is 25.7 Å². The highest BCUT2D eigenvalue weighted by molar-refractivity contribution is 6.76. The molecule has 2 N–H and O–H groups in total. The van der Waals surface area contributed by atoms with Gasteiger partial charge < -0.3 is 57.8 Å². The fourth-order valence-electron chi connectivity index (χ4n) is 7.57. The predicted octanol–water partition coefficient (Wildman–Crippen LogP) is 7.78. The first-order chi connectivity index (χ1) is 32.1. The van der Waals surface area contributed by atoms with Crippen molar-refractivity contribution < 1.29 is 66.9 Å². The topological polar surface area (TPSA) is 176 Å². The summed E-state index contributed by atoms with van der Waals surface area (Å²) >= 11 is 17.7. The van der Waals surface area contributed by atoms with Crippen molar-refractivity contribution in [1.82, 2.24) is 5.32 Å². The van der Waals surface area contributed by atoms with Gasteiger partial charge in [-0.1, -0.05) is 152 Å². The number of carbonyl (C=O) groups excluding carboxylic acids is 3. The fourth-order valence-corrected chi connectivity index (χ4v) is 8.47. The summed E-state index contributed by atoms with van der Waals surface area (Å²) in [7, 11) is -1.69. The zero-order valence-corrected chi connectivity index (χ0v) is 40.3. The minimum Gasteiger partial charge on any atom is -0.452 e. The van der Waals surface area contributed by atoms with Gasteiger partial charge in [0.1, 0.15) is 43.2 Å². The molecule has 7 rings (SSSR count). The first-order valence-electron chi connectivity index (χ1n) is 21.8. The van der Waals surface area contributed by atoms with Crippen LogP contribution in [0, 0.1) is 0 Å². The van der Waals surface area contributed by atoms with Crippen LogP contribution in [-0.4, -0.2) is 123 Å². The molecule has 1 amide bonds. The summed E-state index contributed by atoms with van der Waals surface area (Å²) in [5.41, 5.74) is 1.92. The first-order valence-corrected chi connectivity index (χ1v) is 26.7. The van der Waals surface area contributed by atoms with E-state index in [-0.39, 0.29) is 37.6 Å². The Labute approximate surface area is 405 Å². The number of halogens is 3. The summed E-state index contributed by atoms with van der Waals surface area (Å²) in [4.78, 5) is 41.7. The highest BCUT2D eigenvalue weighted by Gasteiger charge is 2.56. The SMILES string of the molecule is C[Si](C)(C)CCO[C@@H]1O[C@H](COCc2ccccc2)[C@@H](O[C@@H]2O[C@@H]3CO[C@@H](c4ccccc4)O[C@@H]3[C@H](O)[C@H]2NC(=O)OCC(Cl)(Cl)Cl)[C@H](OC(=O)c2ccccc2)[C@H]1OC(=O)c1ccccc1. The minimum atomic E-state index is -1.96. The van der Waals surface area contributed by atoms with Gasteiger partial charge >= 0.3 is 18.0 Å². The second kappa shape index (κ2) is 23.4. The van der Waals surface area contributed by atoms with E-state index in [0.717, 1.165) is 5.56 Å². The summed E-state index contributed by atoms with van der Waals surface area (Å²) in [5, 5.41) is 14.8. The lowest BCUT2D eigenvalue weighted by atomic mass is 9.94. The average molecular weight is 1000 g/mol. The van der Waals surface area contributed by atoms with E-state index in [9.17, 15) is 19.5 Å². The highest BCUT2D eigenvalue weighted by Crippen LogP contribution is 2.38. The minimum absolute atomic E-state index is 0.0763. The number of benzene rings is 4. The molecule has 3 aliphatic heterocycles. The van der Waals surface area contributed by atoms with Gasteiger partial charge in [-0.25, -0.2) is 14.4 Å². The molecule has 3 fully saturated rings. The number of hydrogen-bond acceptors (Lipinski definition) is 14. The van der Waals surface area contributed by atoms with E-state index < -0.39 is 104 Å². The van der Waals surface area contributed by atoms with Crippen molar-refractivity contribution in [1.29, 1.82) is 0 Å². The van der Waals surface area contributed by atoms with Crippen molar-refractivity contribution in [3.63, 3.8) is 0 Å². The number of ether oxygens (including phenoxy) is 10. The molecule has 0 spiro atoms. The second-order valence-corrected chi connectivity index (χ2v) is 25.5. The summed E-state index contributed by atoms with van der Waals surface area (Å²) in [6.45, 7) is 6.02. The molecular weight excluding hydrogens is 949 g/mol. The Morgan fingerprint density at radius 2 is 1.33 bits per heavy atom. The molecule has 0 bridgehead atoms. The number of nitrogens with one attached hydrogen (secondary N) is 1. The van der Waals surface area contributed by atoms with Gasteiger partial charge in [0.05, 0.1) is 30.9 Å². The quantitative estimate of drug-likeness (QED) is 0.0454. The number of hydrogen-bond donors (Lipinski definition) is 2. The maximum Gasteiger partial charge on any atom is 0.407 e. The molecule has 0 unspecified atom stereocenters. The van der Waals surface area contributed by atoms with E-state index in [1.54, 1.807) is 72.8 Å². The normalized spacial score (nSPS) is 27.5. The largest absolute Gasteiger partial charge is 0.452 e. The third-order valence-corrected chi connectivity index (χ3v) is 13.0. The number of rotatable bonds is 17. The van der Waals surface area contributed by atoms with Gasteiger partial charge in [-0.3, -0.25) is 0 Å². The molecule has 360 valence electrons. The van der Waals surface area contributed by atoms with Gasteiger partial charge in [0.2, 0.25) is 3.79 Å². The maximum atomic E-state index is 14.2. The molecule has 0 radical (unpaired) electrons. The van der Waals surface area contributed by atoms with E-state index in [1.165, 1.54) is 0 Å². The van der Waals surface area contributed by atoms with Crippen LogP contribution in [0.3, 0.4) is 0 Å². The van der Waals surface area contributed by atoms with Crippen molar-refractivity contribution in [3.8, 4) is 0 Å². The molecule has 3 heterocycles. The van der Waals surface area contributed by atoms with Crippen LogP contribution in [0.5, 0.6) is 0 Å². The molecule has 11 atom stereocenters.